The van der Waals surface area contributed by atoms with Gasteiger partial charge in [-0.15, -0.1) is 0 Å². The first-order valence-corrected chi connectivity index (χ1v) is 10.8. The SMILES string of the molecule is COc1ccccc1N1CCN(CCC(O)c2ccc3c(c2)CCN3C(C)=O)CC1. The Morgan fingerprint density at radius 2 is 1.83 bits per heavy atom. The van der Waals surface area contributed by atoms with E-state index < -0.39 is 6.10 Å². The average molecular weight is 410 g/mol. The lowest BCUT2D eigenvalue weighted by Gasteiger charge is -2.36. The van der Waals surface area contributed by atoms with E-state index in [2.05, 4.69) is 21.9 Å². The fourth-order valence-corrected chi connectivity index (χ4v) is 4.53. The summed E-state index contributed by atoms with van der Waals surface area (Å²) in [5, 5.41) is 10.7. The van der Waals surface area contributed by atoms with Crippen molar-refractivity contribution in [1.29, 1.82) is 0 Å². The fourth-order valence-electron chi connectivity index (χ4n) is 4.53. The van der Waals surface area contributed by atoms with Crippen molar-refractivity contribution in [3.63, 3.8) is 0 Å². The van der Waals surface area contributed by atoms with Crippen molar-refractivity contribution in [2.45, 2.75) is 25.9 Å². The number of methoxy groups -OCH3 is 1. The van der Waals surface area contributed by atoms with Gasteiger partial charge in [0.1, 0.15) is 5.75 Å². The highest BCUT2D eigenvalue weighted by atomic mass is 16.5. The van der Waals surface area contributed by atoms with E-state index in [4.69, 9.17) is 4.74 Å². The van der Waals surface area contributed by atoms with Crippen LogP contribution in [0.4, 0.5) is 11.4 Å². The van der Waals surface area contributed by atoms with Crippen molar-refractivity contribution in [2.75, 3.05) is 56.2 Å². The minimum absolute atomic E-state index is 0.0781. The number of hydrogen-bond acceptors (Lipinski definition) is 5. The molecule has 1 fully saturated rings. The van der Waals surface area contributed by atoms with Crippen LogP contribution in [0, 0.1) is 0 Å². The van der Waals surface area contributed by atoms with Gasteiger partial charge in [-0.1, -0.05) is 24.3 Å². The first kappa shape index (κ1) is 20.7. The quantitative estimate of drug-likeness (QED) is 0.795. The fraction of sp³-hybridized carbons (Fsp3) is 0.458. The van der Waals surface area contributed by atoms with Crippen LogP contribution in [0.1, 0.15) is 30.6 Å². The Hall–Kier alpha value is -2.57. The molecule has 0 spiro atoms. The highest BCUT2D eigenvalue weighted by Gasteiger charge is 2.24. The van der Waals surface area contributed by atoms with Crippen molar-refractivity contribution in [3.8, 4) is 5.75 Å². The number of nitrogens with zero attached hydrogens (tertiary/aromatic N) is 3. The summed E-state index contributed by atoms with van der Waals surface area (Å²) in [7, 11) is 1.72. The van der Waals surface area contributed by atoms with Crippen LogP contribution >= 0.6 is 0 Å². The Morgan fingerprint density at radius 1 is 1.07 bits per heavy atom. The molecular formula is C24H31N3O3. The molecule has 0 bridgehead atoms. The predicted octanol–water partition coefficient (Wildman–Crippen LogP) is 2.85. The maximum absolute atomic E-state index is 11.7. The molecule has 1 N–H and O–H groups in total. The van der Waals surface area contributed by atoms with Gasteiger partial charge >= 0.3 is 0 Å². The van der Waals surface area contributed by atoms with Gasteiger partial charge in [-0.2, -0.15) is 0 Å². The molecule has 0 aromatic heterocycles. The van der Waals surface area contributed by atoms with Crippen LogP contribution in [-0.4, -0.2) is 62.3 Å². The van der Waals surface area contributed by atoms with E-state index in [0.717, 1.165) is 73.9 Å². The standard InChI is InChI=1S/C24H31N3O3/c1-18(28)27-12-9-19-17-20(7-8-21(19)27)23(29)10-11-25-13-15-26(16-14-25)22-5-3-4-6-24(22)30-2/h3-8,17,23,29H,9-16H2,1-2H3. The molecule has 2 heterocycles. The number of carbonyl (C=O) groups excluding carboxylic acids is 1. The Kier molecular flexibility index (Phi) is 6.25. The van der Waals surface area contributed by atoms with E-state index in [0.29, 0.717) is 6.42 Å². The number of fused-ring (bicyclic) bond motifs is 1. The van der Waals surface area contributed by atoms with Gasteiger partial charge in [-0.3, -0.25) is 9.69 Å². The molecule has 1 amide bonds. The number of ether oxygens (including phenoxy) is 1. The number of aliphatic hydroxyl groups is 1. The minimum atomic E-state index is -0.478. The number of amides is 1. The predicted molar refractivity (Wildman–Crippen MR) is 119 cm³/mol. The van der Waals surface area contributed by atoms with Gasteiger partial charge < -0.3 is 19.6 Å². The van der Waals surface area contributed by atoms with E-state index in [1.54, 1.807) is 14.0 Å². The number of carbonyl (C=O) groups is 1. The van der Waals surface area contributed by atoms with Gasteiger partial charge in [-0.25, -0.2) is 0 Å². The Bertz CT molecular complexity index is 893. The molecule has 1 unspecified atom stereocenters. The maximum Gasteiger partial charge on any atom is 0.223 e. The zero-order valence-corrected chi connectivity index (χ0v) is 17.9. The molecule has 6 nitrogen and oxygen atoms in total. The van der Waals surface area contributed by atoms with Gasteiger partial charge in [0.05, 0.1) is 18.9 Å². The summed E-state index contributed by atoms with van der Waals surface area (Å²) in [6, 6.07) is 14.2. The third-order valence-electron chi connectivity index (χ3n) is 6.28. The second-order valence-corrected chi connectivity index (χ2v) is 8.11. The molecule has 6 heteroatoms. The summed E-state index contributed by atoms with van der Waals surface area (Å²) in [4.78, 5) is 18.3. The molecule has 1 atom stereocenters. The third kappa shape index (κ3) is 4.30. The van der Waals surface area contributed by atoms with Crippen LogP contribution in [0.25, 0.3) is 0 Å². The molecule has 2 aromatic carbocycles. The number of hydrogen-bond donors (Lipinski definition) is 1. The molecule has 1 saturated heterocycles. The van der Waals surface area contributed by atoms with Crippen molar-refractivity contribution >= 4 is 17.3 Å². The Morgan fingerprint density at radius 3 is 2.57 bits per heavy atom. The van der Waals surface area contributed by atoms with Gasteiger partial charge in [0.2, 0.25) is 5.91 Å². The number of para-hydroxylation sites is 2. The molecule has 2 aromatic rings. The Labute approximate surface area is 178 Å². The van der Waals surface area contributed by atoms with Gasteiger partial charge in [0.25, 0.3) is 0 Å². The Balaban J connectivity index is 1.29. The molecule has 2 aliphatic rings. The van der Waals surface area contributed by atoms with E-state index in [1.165, 1.54) is 0 Å². The van der Waals surface area contributed by atoms with Crippen LogP contribution in [0.5, 0.6) is 5.75 Å². The first-order chi connectivity index (χ1) is 14.6. The van der Waals surface area contributed by atoms with Crippen LogP contribution in [0.2, 0.25) is 0 Å². The lowest BCUT2D eigenvalue weighted by Crippen LogP contribution is -2.46. The smallest absolute Gasteiger partial charge is 0.223 e. The molecule has 0 saturated carbocycles. The zero-order valence-electron chi connectivity index (χ0n) is 17.9. The number of anilines is 2. The van der Waals surface area contributed by atoms with E-state index >= 15 is 0 Å². The summed E-state index contributed by atoms with van der Waals surface area (Å²) < 4.78 is 5.49. The van der Waals surface area contributed by atoms with E-state index in [1.807, 2.05) is 35.2 Å². The van der Waals surface area contributed by atoms with Crippen LogP contribution < -0.4 is 14.5 Å². The minimum Gasteiger partial charge on any atom is -0.495 e. The highest BCUT2D eigenvalue weighted by Crippen LogP contribution is 2.32. The molecule has 4 rings (SSSR count). The normalized spacial score (nSPS) is 17.7. The summed E-state index contributed by atoms with van der Waals surface area (Å²) in [5.41, 5.74) is 4.25. The van der Waals surface area contributed by atoms with Gasteiger partial charge in [0, 0.05) is 51.9 Å². The summed E-state index contributed by atoms with van der Waals surface area (Å²) in [6.45, 7) is 7.07. The first-order valence-electron chi connectivity index (χ1n) is 10.8. The summed E-state index contributed by atoms with van der Waals surface area (Å²) >= 11 is 0. The van der Waals surface area contributed by atoms with Gasteiger partial charge in [0.15, 0.2) is 0 Å². The number of rotatable bonds is 6. The third-order valence-corrected chi connectivity index (χ3v) is 6.28. The number of benzene rings is 2. The molecule has 2 aliphatic heterocycles. The monoisotopic (exact) mass is 409 g/mol. The van der Waals surface area contributed by atoms with Crippen LogP contribution in [0.15, 0.2) is 42.5 Å². The van der Waals surface area contributed by atoms with Crippen molar-refractivity contribution in [2.24, 2.45) is 0 Å². The topological polar surface area (TPSA) is 56.2 Å². The lowest BCUT2D eigenvalue weighted by atomic mass is 10.0. The molecule has 160 valence electrons. The largest absolute Gasteiger partial charge is 0.495 e. The summed E-state index contributed by atoms with van der Waals surface area (Å²) in [5.74, 6) is 0.996. The molecular weight excluding hydrogens is 378 g/mol. The molecule has 30 heavy (non-hydrogen) atoms. The second-order valence-electron chi connectivity index (χ2n) is 8.11. The molecule has 0 aliphatic carbocycles. The highest BCUT2D eigenvalue weighted by molar-refractivity contribution is 5.93. The van der Waals surface area contributed by atoms with Crippen molar-refractivity contribution in [1.82, 2.24) is 4.90 Å². The second kappa shape index (κ2) is 9.06. The van der Waals surface area contributed by atoms with Crippen LogP contribution in [0.3, 0.4) is 0 Å². The zero-order chi connectivity index (χ0) is 21.1. The van der Waals surface area contributed by atoms with Crippen molar-refractivity contribution in [3.05, 3.63) is 53.6 Å². The average Bonchev–Trinajstić information content (AvgIpc) is 3.21. The lowest BCUT2D eigenvalue weighted by molar-refractivity contribution is -0.116. The molecule has 0 radical (unpaired) electrons. The van der Waals surface area contributed by atoms with Gasteiger partial charge in [-0.05, 0) is 42.2 Å². The van der Waals surface area contributed by atoms with Crippen molar-refractivity contribution < 1.29 is 14.6 Å². The van der Waals surface area contributed by atoms with Crippen LogP contribution in [-0.2, 0) is 11.2 Å². The maximum atomic E-state index is 11.7. The summed E-state index contributed by atoms with van der Waals surface area (Å²) in [6.07, 6.45) is 1.10. The van der Waals surface area contributed by atoms with E-state index in [9.17, 15) is 9.90 Å². The van der Waals surface area contributed by atoms with E-state index in [-0.39, 0.29) is 5.91 Å². The number of piperazine rings is 1. The number of aliphatic hydroxyl groups excluding tert-OH is 1.